The van der Waals surface area contributed by atoms with Crippen molar-refractivity contribution in [3.05, 3.63) is 34.9 Å². The molecule has 3 rings (SSSR count). The molecule has 1 aromatic carbocycles. The summed E-state index contributed by atoms with van der Waals surface area (Å²) in [6, 6.07) is 6.26. The molecular formula is C25H38N2O3. The highest BCUT2D eigenvalue weighted by Gasteiger charge is 2.49. The second-order valence-electron chi connectivity index (χ2n) is 10.7. The van der Waals surface area contributed by atoms with Crippen LogP contribution >= 0.6 is 0 Å². The van der Waals surface area contributed by atoms with Gasteiger partial charge < -0.3 is 10.1 Å². The molecule has 1 fully saturated rings. The van der Waals surface area contributed by atoms with E-state index in [1.807, 2.05) is 13.8 Å². The number of urea groups is 1. The zero-order valence-electron chi connectivity index (χ0n) is 19.5. The van der Waals surface area contributed by atoms with Crippen LogP contribution < -0.4 is 5.32 Å². The topological polar surface area (TPSA) is 58.6 Å². The van der Waals surface area contributed by atoms with Crippen molar-refractivity contribution in [2.75, 3.05) is 7.11 Å². The molecule has 1 atom stereocenters. The number of amides is 3. The molecular weight excluding hydrogens is 376 g/mol. The standard InChI is InChI=1S/C25H38N2O3/c1-17(2)27(16-28)23(29)26-22-21-13-18(14-24(3,4)5)7-8-19(21)15-25(22)11-9-20(30-6)10-12-25/h7-8,13,16-17,20,22H,9-12,14-15H2,1-6H3,(H,26,29)/t20-,22?,25-. The second kappa shape index (κ2) is 8.70. The van der Waals surface area contributed by atoms with Gasteiger partial charge in [-0.05, 0) is 79.9 Å². The Morgan fingerprint density at radius 2 is 1.97 bits per heavy atom. The van der Waals surface area contributed by atoms with E-state index in [0.29, 0.717) is 12.5 Å². The van der Waals surface area contributed by atoms with Crippen LogP contribution in [0.25, 0.3) is 0 Å². The molecule has 5 nitrogen and oxygen atoms in total. The zero-order chi connectivity index (χ0) is 22.1. The second-order valence-corrected chi connectivity index (χ2v) is 10.7. The molecule has 1 unspecified atom stereocenters. The SMILES string of the molecule is CO[C@H]1CC[C@]2(CC1)Cc1ccc(CC(C)(C)C)cc1C2NC(=O)N(C=O)C(C)C. The average Bonchev–Trinajstić information content (AvgIpc) is 2.94. The molecule has 1 saturated carbocycles. The molecule has 166 valence electrons. The number of ether oxygens (including phenoxy) is 1. The third kappa shape index (κ3) is 4.72. The highest BCUT2D eigenvalue weighted by molar-refractivity contribution is 5.85. The lowest BCUT2D eigenvalue weighted by Gasteiger charge is -2.42. The number of nitrogens with zero attached hydrogens (tertiary/aromatic N) is 1. The summed E-state index contributed by atoms with van der Waals surface area (Å²) in [5, 5.41) is 3.27. The zero-order valence-corrected chi connectivity index (χ0v) is 19.5. The fourth-order valence-electron chi connectivity index (χ4n) is 5.31. The molecule has 0 heterocycles. The molecule has 5 heteroatoms. The summed E-state index contributed by atoms with van der Waals surface area (Å²) >= 11 is 0. The summed E-state index contributed by atoms with van der Waals surface area (Å²) in [6.07, 6.45) is 6.95. The Morgan fingerprint density at radius 1 is 1.30 bits per heavy atom. The smallest absolute Gasteiger partial charge is 0.324 e. The Labute approximate surface area is 181 Å². The molecule has 1 N–H and O–H groups in total. The Hall–Kier alpha value is -1.88. The number of methoxy groups -OCH3 is 1. The highest BCUT2D eigenvalue weighted by Crippen LogP contribution is 2.54. The number of hydrogen-bond acceptors (Lipinski definition) is 3. The molecule has 2 aliphatic rings. The van der Waals surface area contributed by atoms with E-state index in [1.54, 1.807) is 7.11 Å². The maximum absolute atomic E-state index is 13.0. The number of benzene rings is 1. The van der Waals surface area contributed by atoms with Crippen LogP contribution in [0.4, 0.5) is 4.79 Å². The fourth-order valence-corrected chi connectivity index (χ4v) is 5.31. The first kappa shape index (κ1) is 22.8. The van der Waals surface area contributed by atoms with E-state index in [2.05, 4.69) is 44.3 Å². The van der Waals surface area contributed by atoms with Gasteiger partial charge >= 0.3 is 6.03 Å². The van der Waals surface area contributed by atoms with Gasteiger partial charge in [-0.25, -0.2) is 4.79 Å². The Kier molecular flexibility index (Phi) is 6.61. The number of nitrogens with one attached hydrogen (secondary N) is 1. The van der Waals surface area contributed by atoms with E-state index in [1.165, 1.54) is 21.6 Å². The summed E-state index contributed by atoms with van der Waals surface area (Å²) in [5.74, 6) is 0. The van der Waals surface area contributed by atoms with Gasteiger partial charge in [-0.15, -0.1) is 0 Å². The number of hydrogen-bond donors (Lipinski definition) is 1. The third-order valence-corrected chi connectivity index (χ3v) is 6.84. The van der Waals surface area contributed by atoms with Crippen molar-refractivity contribution in [2.24, 2.45) is 10.8 Å². The van der Waals surface area contributed by atoms with Gasteiger partial charge in [-0.1, -0.05) is 39.0 Å². The summed E-state index contributed by atoms with van der Waals surface area (Å²) in [6.45, 7) is 10.5. The molecule has 0 bridgehead atoms. The summed E-state index contributed by atoms with van der Waals surface area (Å²) in [5.41, 5.74) is 4.07. The fraction of sp³-hybridized carbons (Fsp3) is 0.680. The van der Waals surface area contributed by atoms with Crippen molar-refractivity contribution in [1.82, 2.24) is 10.2 Å². The van der Waals surface area contributed by atoms with Gasteiger partial charge in [0.1, 0.15) is 0 Å². The predicted octanol–water partition coefficient (Wildman–Crippen LogP) is 5.02. The van der Waals surface area contributed by atoms with Gasteiger partial charge in [-0.3, -0.25) is 9.69 Å². The molecule has 0 aliphatic heterocycles. The van der Waals surface area contributed by atoms with Crippen LogP contribution in [-0.2, 0) is 22.4 Å². The van der Waals surface area contributed by atoms with Crippen LogP contribution in [0, 0.1) is 10.8 Å². The van der Waals surface area contributed by atoms with Gasteiger partial charge in [0.15, 0.2) is 0 Å². The maximum atomic E-state index is 13.0. The molecule has 1 spiro atoms. The minimum absolute atomic E-state index is 0.00108. The maximum Gasteiger partial charge on any atom is 0.324 e. The van der Waals surface area contributed by atoms with Crippen LogP contribution in [0.15, 0.2) is 18.2 Å². The number of carbonyl (C=O) groups is 2. The van der Waals surface area contributed by atoms with Gasteiger partial charge in [0, 0.05) is 13.2 Å². The van der Waals surface area contributed by atoms with E-state index in [-0.39, 0.29) is 28.9 Å². The Balaban J connectivity index is 1.94. The van der Waals surface area contributed by atoms with Crippen LogP contribution in [0.5, 0.6) is 0 Å². The Bertz CT molecular complexity index is 773. The number of imide groups is 1. The summed E-state index contributed by atoms with van der Waals surface area (Å²) < 4.78 is 5.61. The van der Waals surface area contributed by atoms with E-state index in [9.17, 15) is 9.59 Å². The van der Waals surface area contributed by atoms with Crippen LogP contribution in [0.2, 0.25) is 0 Å². The van der Waals surface area contributed by atoms with Crippen molar-refractivity contribution in [3.8, 4) is 0 Å². The molecule has 0 aromatic heterocycles. The van der Waals surface area contributed by atoms with E-state index < -0.39 is 0 Å². The molecule has 1 aromatic rings. The van der Waals surface area contributed by atoms with Gasteiger partial charge in [0.25, 0.3) is 0 Å². The molecule has 0 radical (unpaired) electrons. The molecule has 30 heavy (non-hydrogen) atoms. The monoisotopic (exact) mass is 414 g/mol. The quantitative estimate of drug-likeness (QED) is 0.688. The molecule has 3 amide bonds. The van der Waals surface area contributed by atoms with Crippen molar-refractivity contribution < 1.29 is 14.3 Å². The summed E-state index contributed by atoms with van der Waals surface area (Å²) in [4.78, 5) is 25.8. The highest BCUT2D eigenvalue weighted by atomic mass is 16.5. The molecule has 2 aliphatic carbocycles. The lowest BCUT2D eigenvalue weighted by molar-refractivity contribution is -0.116. The van der Waals surface area contributed by atoms with Crippen molar-refractivity contribution in [2.45, 2.75) is 91.3 Å². The number of rotatable bonds is 5. The first-order valence-corrected chi connectivity index (χ1v) is 11.3. The van der Waals surface area contributed by atoms with Crippen molar-refractivity contribution in [1.29, 1.82) is 0 Å². The van der Waals surface area contributed by atoms with Crippen LogP contribution in [0.1, 0.15) is 83.0 Å². The van der Waals surface area contributed by atoms with Crippen molar-refractivity contribution >= 4 is 12.4 Å². The normalized spacial score (nSPS) is 26.0. The summed E-state index contributed by atoms with van der Waals surface area (Å²) in [7, 11) is 1.79. The third-order valence-electron chi connectivity index (χ3n) is 6.84. The lowest BCUT2D eigenvalue weighted by Crippen LogP contribution is -2.48. The van der Waals surface area contributed by atoms with Gasteiger partial charge in [0.2, 0.25) is 6.41 Å². The van der Waals surface area contributed by atoms with E-state index in [4.69, 9.17) is 4.74 Å². The van der Waals surface area contributed by atoms with Crippen molar-refractivity contribution in [3.63, 3.8) is 0 Å². The predicted molar refractivity (Wildman–Crippen MR) is 119 cm³/mol. The van der Waals surface area contributed by atoms with Gasteiger partial charge in [0.05, 0.1) is 12.1 Å². The minimum atomic E-state index is -0.299. The average molecular weight is 415 g/mol. The van der Waals surface area contributed by atoms with E-state index in [0.717, 1.165) is 38.5 Å². The van der Waals surface area contributed by atoms with Gasteiger partial charge in [-0.2, -0.15) is 0 Å². The first-order valence-electron chi connectivity index (χ1n) is 11.3. The van der Waals surface area contributed by atoms with E-state index >= 15 is 0 Å². The van der Waals surface area contributed by atoms with Crippen LogP contribution in [-0.4, -0.2) is 36.6 Å². The Morgan fingerprint density at radius 3 is 2.50 bits per heavy atom. The number of fused-ring (bicyclic) bond motifs is 1. The van der Waals surface area contributed by atoms with Crippen LogP contribution in [0.3, 0.4) is 0 Å². The molecule has 0 saturated heterocycles. The largest absolute Gasteiger partial charge is 0.381 e. The lowest BCUT2D eigenvalue weighted by atomic mass is 9.68. The first-order chi connectivity index (χ1) is 14.1. The minimum Gasteiger partial charge on any atom is -0.381 e. The number of carbonyl (C=O) groups excluding carboxylic acids is 2.